The first kappa shape index (κ1) is 19.7. The maximum absolute atomic E-state index is 13.1. The highest BCUT2D eigenvalue weighted by Gasteiger charge is 2.33. The lowest BCUT2D eigenvalue weighted by Gasteiger charge is -2.34. The average molecular weight is 417 g/mol. The van der Waals surface area contributed by atoms with E-state index in [0.29, 0.717) is 22.4 Å². The van der Waals surface area contributed by atoms with Gasteiger partial charge in [0, 0.05) is 30.0 Å². The van der Waals surface area contributed by atoms with Crippen molar-refractivity contribution in [3.05, 3.63) is 110 Å². The van der Waals surface area contributed by atoms with Crippen LogP contribution in [0.15, 0.2) is 77.9 Å². The summed E-state index contributed by atoms with van der Waals surface area (Å²) in [6.45, 7) is 0. The molecule has 154 valence electrons. The Morgan fingerprint density at radius 3 is 2.06 bits per heavy atom. The molecule has 1 aliphatic heterocycles. The molecule has 1 atom stereocenters. The van der Waals surface area contributed by atoms with Crippen molar-refractivity contribution in [1.29, 1.82) is 0 Å². The predicted molar refractivity (Wildman–Crippen MR) is 113 cm³/mol. The van der Waals surface area contributed by atoms with Crippen LogP contribution in [0.3, 0.4) is 0 Å². The SMILES string of the molecule is O=C1c2ccccc2NC(c2ccc([N+](=O)[O-])cc2)N1N=Cc1ccc([N+](=O)[O-])cc1. The van der Waals surface area contributed by atoms with Crippen molar-refractivity contribution in [3.63, 3.8) is 0 Å². The molecule has 1 N–H and O–H groups in total. The van der Waals surface area contributed by atoms with Crippen LogP contribution in [0.25, 0.3) is 0 Å². The summed E-state index contributed by atoms with van der Waals surface area (Å²) >= 11 is 0. The molecule has 1 unspecified atom stereocenters. The van der Waals surface area contributed by atoms with Crippen molar-refractivity contribution >= 4 is 29.2 Å². The molecule has 1 amide bonds. The highest BCUT2D eigenvalue weighted by molar-refractivity contribution is 6.02. The number of nitrogens with zero attached hydrogens (tertiary/aromatic N) is 4. The highest BCUT2D eigenvalue weighted by Crippen LogP contribution is 2.33. The number of carbonyl (C=O) groups is 1. The predicted octanol–water partition coefficient (Wildman–Crippen LogP) is 4.10. The molecular weight excluding hydrogens is 402 g/mol. The second-order valence-corrected chi connectivity index (χ2v) is 6.68. The number of fused-ring (bicyclic) bond motifs is 1. The van der Waals surface area contributed by atoms with Gasteiger partial charge >= 0.3 is 0 Å². The minimum Gasteiger partial charge on any atom is -0.359 e. The van der Waals surface area contributed by atoms with Crippen LogP contribution >= 0.6 is 0 Å². The third-order valence-corrected chi connectivity index (χ3v) is 4.76. The lowest BCUT2D eigenvalue weighted by Crippen LogP contribution is -2.39. The Bertz CT molecular complexity index is 1190. The Labute approximate surface area is 175 Å². The molecule has 0 aliphatic carbocycles. The number of hydrazone groups is 1. The molecule has 10 heteroatoms. The van der Waals surface area contributed by atoms with Crippen LogP contribution in [-0.2, 0) is 0 Å². The molecule has 1 aliphatic rings. The number of nitrogens with one attached hydrogen (secondary N) is 1. The summed E-state index contributed by atoms with van der Waals surface area (Å²) < 4.78 is 0. The first-order valence-electron chi connectivity index (χ1n) is 9.16. The topological polar surface area (TPSA) is 131 Å². The van der Waals surface area contributed by atoms with E-state index in [1.54, 1.807) is 36.4 Å². The number of anilines is 1. The van der Waals surface area contributed by atoms with E-state index in [0.717, 1.165) is 0 Å². The molecule has 4 rings (SSSR count). The Morgan fingerprint density at radius 2 is 1.45 bits per heavy atom. The molecule has 0 spiro atoms. The molecule has 1 heterocycles. The number of hydrogen-bond donors (Lipinski definition) is 1. The summed E-state index contributed by atoms with van der Waals surface area (Å²) in [6, 6.07) is 18.6. The standard InChI is InChI=1S/C21H15N5O5/c27-21-18-3-1-2-4-19(18)23-20(15-7-11-17(12-8-15)26(30)31)24(21)22-13-14-5-9-16(10-6-14)25(28)29/h1-13,20,23H. The first-order valence-corrected chi connectivity index (χ1v) is 9.16. The molecule has 10 nitrogen and oxygen atoms in total. The molecule has 31 heavy (non-hydrogen) atoms. The van der Waals surface area contributed by atoms with Crippen LogP contribution in [-0.4, -0.2) is 27.0 Å². The first-order chi connectivity index (χ1) is 14.9. The summed E-state index contributed by atoms with van der Waals surface area (Å²) in [7, 11) is 0. The van der Waals surface area contributed by atoms with Crippen LogP contribution in [0, 0.1) is 20.2 Å². The molecule has 0 saturated carbocycles. The minimum absolute atomic E-state index is 0.0504. The van der Waals surface area contributed by atoms with Gasteiger partial charge in [-0.05, 0) is 47.5 Å². The summed E-state index contributed by atoms with van der Waals surface area (Å²) in [5.41, 5.74) is 2.12. The zero-order valence-corrected chi connectivity index (χ0v) is 15.9. The van der Waals surface area contributed by atoms with Gasteiger partial charge in [0.05, 0.1) is 21.6 Å². The van der Waals surface area contributed by atoms with Crippen molar-refractivity contribution in [2.45, 2.75) is 6.17 Å². The molecule has 0 saturated heterocycles. The van der Waals surface area contributed by atoms with Gasteiger partial charge in [-0.25, -0.2) is 5.01 Å². The second-order valence-electron chi connectivity index (χ2n) is 6.68. The highest BCUT2D eigenvalue weighted by atomic mass is 16.6. The second kappa shape index (κ2) is 8.03. The maximum Gasteiger partial charge on any atom is 0.278 e. The zero-order chi connectivity index (χ0) is 22.0. The monoisotopic (exact) mass is 417 g/mol. The lowest BCUT2D eigenvalue weighted by molar-refractivity contribution is -0.385. The van der Waals surface area contributed by atoms with Gasteiger partial charge in [-0.2, -0.15) is 5.10 Å². The van der Waals surface area contributed by atoms with Gasteiger partial charge in [-0.15, -0.1) is 0 Å². The van der Waals surface area contributed by atoms with Gasteiger partial charge in [-0.3, -0.25) is 25.0 Å². The van der Waals surface area contributed by atoms with E-state index < -0.39 is 16.0 Å². The van der Waals surface area contributed by atoms with Crippen LogP contribution < -0.4 is 5.32 Å². The minimum atomic E-state index is -0.697. The lowest BCUT2D eigenvalue weighted by atomic mass is 10.0. The van der Waals surface area contributed by atoms with Gasteiger partial charge in [0.1, 0.15) is 0 Å². The Balaban J connectivity index is 1.69. The van der Waals surface area contributed by atoms with E-state index in [9.17, 15) is 25.0 Å². The van der Waals surface area contributed by atoms with E-state index >= 15 is 0 Å². The number of hydrogen-bond acceptors (Lipinski definition) is 7. The number of para-hydroxylation sites is 1. The van der Waals surface area contributed by atoms with Crippen molar-refractivity contribution in [3.8, 4) is 0 Å². The van der Waals surface area contributed by atoms with Gasteiger partial charge in [0.25, 0.3) is 17.3 Å². The van der Waals surface area contributed by atoms with Crippen molar-refractivity contribution < 1.29 is 14.6 Å². The van der Waals surface area contributed by atoms with Crippen molar-refractivity contribution in [2.24, 2.45) is 5.10 Å². The number of rotatable bonds is 5. The van der Waals surface area contributed by atoms with E-state index in [-0.39, 0.29) is 17.3 Å². The maximum atomic E-state index is 13.1. The molecule has 0 fully saturated rings. The fourth-order valence-corrected chi connectivity index (χ4v) is 3.18. The zero-order valence-electron chi connectivity index (χ0n) is 15.9. The van der Waals surface area contributed by atoms with Crippen LogP contribution in [0.4, 0.5) is 17.1 Å². The van der Waals surface area contributed by atoms with E-state index in [1.165, 1.54) is 47.6 Å². The normalized spacial score (nSPS) is 15.4. The van der Waals surface area contributed by atoms with Gasteiger partial charge in [-0.1, -0.05) is 12.1 Å². The third kappa shape index (κ3) is 3.94. The smallest absolute Gasteiger partial charge is 0.278 e. The summed E-state index contributed by atoms with van der Waals surface area (Å²) in [5, 5.41) is 30.6. The van der Waals surface area contributed by atoms with Crippen LogP contribution in [0.1, 0.15) is 27.7 Å². The fourth-order valence-electron chi connectivity index (χ4n) is 3.18. The van der Waals surface area contributed by atoms with E-state index in [4.69, 9.17) is 0 Å². The molecule has 0 radical (unpaired) electrons. The van der Waals surface area contributed by atoms with Gasteiger partial charge < -0.3 is 5.32 Å². The molecule has 3 aromatic rings. The summed E-state index contributed by atoms with van der Waals surface area (Å²) in [4.78, 5) is 33.9. The van der Waals surface area contributed by atoms with E-state index in [1.807, 2.05) is 0 Å². The number of nitro benzene ring substituents is 2. The van der Waals surface area contributed by atoms with E-state index in [2.05, 4.69) is 10.4 Å². The number of benzene rings is 3. The molecule has 0 bridgehead atoms. The van der Waals surface area contributed by atoms with Crippen molar-refractivity contribution in [1.82, 2.24) is 5.01 Å². The largest absolute Gasteiger partial charge is 0.359 e. The third-order valence-electron chi connectivity index (χ3n) is 4.76. The number of carbonyl (C=O) groups excluding carboxylic acids is 1. The summed E-state index contributed by atoms with van der Waals surface area (Å²) in [6.07, 6.45) is 0.729. The Morgan fingerprint density at radius 1 is 0.871 bits per heavy atom. The number of non-ortho nitro benzene ring substituents is 2. The Kier molecular flexibility index (Phi) is 5.10. The molecular formula is C21H15N5O5. The van der Waals surface area contributed by atoms with Crippen LogP contribution in [0.2, 0.25) is 0 Å². The Hall–Kier alpha value is -4.60. The average Bonchev–Trinajstić information content (AvgIpc) is 2.78. The molecule has 3 aromatic carbocycles. The van der Waals surface area contributed by atoms with Crippen molar-refractivity contribution in [2.75, 3.05) is 5.32 Å². The fraction of sp³-hybridized carbons (Fsp3) is 0.0476. The van der Waals surface area contributed by atoms with Gasteiger partial charge in [0.15, 0.2) is 6.17 Å². The summed E-state index contributed by atoms with van der Waals surface area (Å²) in [5.74, 6) is -0.351. The quantitative estimate of drug-likeness (QED) is 0.378. The molecule has 0 aromatic heterocycles. The number of nitro groups is 2. The van der Waals surface area contributed by atoms with Crippen LogP contribution in [0.5, 0.6) is 0 Å². The van der Waals surface area contributed by atoms with Gasteiger partial charge in [0.2, 0.25) is 0 Å². The number of amides is 1.